The zero-order valence-electron chi connectivity index (χ0n) is 16.3. The molecule has 0 aliphatic rings. The molecule has 0 spiro atoms. The van der Waals surface area contributed by atoms with Gasteiger partial charge in [-0.1, -0.05) is 6.07 Å². The summed E-state index contributed by atoms with van der Waals surface area (Å²) in [6.07, 6.45) is 2.19. The Morgan fingerprint density at radius 3 is 2.52 bits per heavy atom. The molecule has 2 rings (SSSR count). The van der Waals surface area contributed by atoms with Gasteiger partial charge in [-0.25, -0.2) is 13.8 Å². The highest BCUT2D eigenvalue weighted by Gasteiger charge is 2.22. The monoisotopic (exact) mass is 449 g/mol. The van der Waals surface area contributed by atoms with Crippen LogP contribution in [0.1, 0.15) is 5.56 Å². The summed E-state index contributed by atoms with van der Waals surface area (Å²) in [7, 11) is -3.90. The summed E-state index contributed by atoms with van der Waals surface area (Å²) in [4.78, 5) is 33.1. The number of nitrogens with zero attached hydrogens (tertiary/aromatic N) is 3. The number of hydrazone groups is 1. The molecule has 0 atom stereocenters. The maximum Gasteiger partial charge on any atom is 0.271 e. The van der Waals surface area contributed by atoms with Crippen molar-refractivity contribution in [1.82, 2.24) is 5.43 Å². The first-order valence-corrected chi connectivity index (χ1v) is 10.5. The van der Waals surface area contributed by atoms with Crippen molar-refractivity contribution in [2.75, 3.05) is 23.7 Å². The van der Waals surface area contributed by atoms with Gasteiger partial charge in [0.25, 0.3) is 17.5 Å². The minimum atomic E-state index is -3.90. The number of ether oxygens (including phenoxy) is 1. The highest BCUT2D eigenvalue weighted by Crippen LogP contribution is 2.22. The Morgan fingerprint density at radius 2 is 1.94 bits per heavy atom. The molecule has 0 aliphatic carbocycles. The van der Waals surface area contributed by atoms with Crippen molar-refractivity contribution >= 4 is 39.4 Å². The molecule has 13 heteroatoms. The van der Waals surface area contributed by atoms with Crippen LogP contribution in [0, 0.1) is 10.1 Å². The number of amides is 2. The molecule has 0 unspecified atom stereocenters. The second-order valence-corrected chi connectivity index (χ2v) is 8.07. The summed E-state index contributed by atoms with van der Waals surface area (Å²) >= 11 is 0. The number of nitrogens with two attached hydrogens (primary N) is 1. The smallest absolute Gasteiger partial charge is 0.271 e. The zero-order valence-corrected chi connectivity index (χ0v) is 17.1. The van der Waals surface area contributed by atoms with Gasteiger partial charge in [0.05, 0.1) is 23.1 Å². The molecular formula is C18H19N5O7S. The first-order chi connectivity index (χ1) is 14.6. The van der Waals surface area contributed by atoms with Crippen LogP contribution < -0.4 is 20.2 Å². The molecule has 0 heterocycles. The molecule has 0 bridgehead atoms. The number of sulfonamides is 1. The Bertz CT molecular complexity index is 1100. The number of non-ortho nitro benzene ring substituents is 1. The number of nitrogens with one attached hydrogen (secondary N) is 1. The molecule has 2 aromatic rings. The van der Waals surface area contributed by atoms with Crippen molar-refractivity contribution < 1.29 is 27.7 Å². The number of benzene rings is 2. The fourth-order valence-electron chi connectivity index (χ4n) is 2.31. The topological polar surface area (TPSA) is 174 Å². The van der Waals surface area contributed by atoms with Gasteiger partial charge < -0.3 is 10.5 Å². The van der Waals surface area contributed by atoms with Crippen molar-refractivity contribution in [1.29, 1.82) is 0 Å². The third-order valence-electron chi connectivity index (χ3n) is 3.68. The van der Waals surface area contributed by atoms with E-state index in [1.54, 1.807) is 24.3 Å². The third-order valence-corrected chi connectivity index (χ3v) is 4.82. The number of primary amides is 1. The lowest BCUT2D eigenvalue weighted by molar-refractivity contribution is -0.384. The molecule has 12 nitrogen and oxygen atoms in total. The fraction of sp³-hybridized carbons (Fsp3) is 0.167. The molecule has 31 heavy (non-hydrogen) atoms. The van der Waals surface area contributed by atoms with Gasteiger partial charge >= 0.3 is 0 Å². The standard InChI is InChI=1S/C18H19N5O7S/c1-31(28,29)22(14-3-2-4-15(9-14)23(26)27)11-18(25)21-20-10-13-5-7-16(8-6-13)30-12-17(19)24/h2-10H,11-12H2,1H3,(H2,19,24)(H,21,25)/b20-10-. The lowest BCUT2D eigenvalue weighted by atomic mass is 10.2. The van der Waals surface area contributed by atoms with E-state index in [1.165, 1.54) is 24.4 Å². The van der Waals surface area contributed by atoms with Crippen LogP contribution in [0.4, 0.5) is 11.4 Å². The maximum atomic E-state index is 12.2. The van der Waals surface area contributed by atoms with Crippen LogP contribution in [0.25, 0.3) is 0 Å². The number of anilines is 1. The predicted molar refractivity (Wildman–Crippen MR) is 112 cm³/mol. The lowest BCUT2D eigenvalue weighted by Gasteiger charge is -2.21. The molecule has 0 aliphatic heterocycles. The number of nitro benzene ring substituents is 1. The summed E-state index contributed by atoms with van der Waals surface area (Å²) < 4.78 is 30.0. The summed E-state index contributed by atoms with van der Waals surface area (Å²) in [5.41, 5.74) is 7.43. The molecule has 0 saturated carbocycles. The zero-order chi connectivity index (χ0) is 23.0. The number of nitro groups is 1. The van der Waals surface area contributed by atoms with Crippen LogP contribution in [0.5, 0.6) is 5.75 Å². The molecule has 0 saturated heterocycles. The van der Waals surface area contributed by atoms with Crippen LogP contribution >= 0.6 is 0 Å². The largest absolute Gasteiger partial charge is 0.484 e. The SMILES string of the molecule is CS(=O)(=O)N(CC(=O)N/N=C\c1ccc(OCC(N)=O)cc1)c1cccc([N+](=O)[O-])c1. The molecule has 3 N–H and O–H groups in total. The van der Waals surface area contributed by atoms with Gasteiger partial charge in [-0.3, -0.25) is 24.0 Å². The van der Waals surface area contributed by atoms with Crippen molar-refractivity contribution in [2.24, 2.45) is 10.8 Å². The number of carbonyl (C=O) groups excluding carboxylic acids is 2. The van der Waals surface area contributed by atoms with E-state index in [-0.39, 0.29) is 18.0 Å². The van der Waals surface area contributed by atoms with Crippen molar-refractivity contribution in [3.63, 3.8) is 0 Å². The van der Waals surface area contributed by atoms with E-state index in [9.17, 15) is 28.1 Å². The summed E-state index contributed by atoms with van der Waals surface area (Å²) in [5, 5.41) is 14.7. The van der Waals surface area contributed by atoms with E-state index >= 15 is 0 Å². The third kappa shape index (κ3) is 7.40. The first-order valence-electron chi connectivity index (χ1n) is 8.61. The average molecular weight is 449 g/mol. The molecule has 0 fully saturated rings. The Labute approximate surface area is 177 Å². The predicted octanol–water partition coefficient (Wildman–Crippen LogP) is 0.375. The van der Waals surface area contributed by atoms with Crippen LogP contribution in [0.15, 0.2) is 53.6 Å². The van der Waals surface area contributed by atoms with Gasteiger partial charge in [-0.05, 0) is 35.9 Å². The first kappa shape index (κ1) is 23.3. The normalized spacial score (nSPS) is 11.1. The van der Waals surface area contributed by atoms with Crippen LogP contribution in [-0.4, -0.2) is 50.8 Å². The molecular weight excluding hydrogens is 430 g/mol. The van der Waals surface area contributed by atoms with E-state index in [0.717, 1.165) is 16.6 Å². The summed E-state index contributed by atoms with van der Waals surface area (Å²) in [6.45, 7) is -0.887. The molecule has 0 aromatic heterocycles. The van der Waals surface area contributed by atoms with Gasteiger partial charge in [0.15, 0.2) is 6.61 Å². The minimum absolute atomic E-state index is 0.0256. The summed E-state index contributed by atoms with van der Waals surface area (Å²) in [6, 6.07) is 11.3. The van der Waals surface area contributed by atoms with Crippen molar-refractivity contribution in [2.45, 2.75) is 0 Å². The Hall–Kier alpha value is -4.00. The van der Waals surface area contributed by atoms with E-state index < -0.39 is 33.3 Å². The number of rotatable bonds is 10. The van der Waals surface area contributed by atoms with Gasteiger partial charge in [0.2, 0.25) is 10.0 Å². The number of hydrogen-bond acceptors (Lipinski definition) is 8. The molecule has 2 aromatic carbocycles. The average Bonchev–Trinajstić information content (AvgIpc) is 2.70. The van der Waals surface area contributed by atoms with Crippen molar-refractivity contribution in [3.8, 4) is 5.75 Å². The van der Waals surface area contributed by atoms with E-state index in [0.29, 0.717) is 11.3 Å². The maximum absolute atomic E-state index is 12.2. The molecule has 0 radical (unpaired) electrons. The van der Waals surface area contributed by atoms with Crippen LogP contribution in [0.2, 0.25) is 0 Å². The Kier molecular flexibility index (Phi) is 7.63. The van der Waals surface area contributed by atoms with Gasteiger partial charge in [0, 0.05) is 12.1 Å². The minimum Gasteiger partial charge on any atom is -0.484 e. The molecule has 164 valence electrons. The van der Waals surface area contributed by atoms with Gasteiger partial charge in [-0.15, -0.1) is 0 Å². The Morgan fingerprint density at radius 1 is 1.26 bits per heavy atom. The van der Waals surface area contributed by atoms with Gasteiger partial charge in [0.1, 0.15) is 12.3 Å². The van der Waals surface area contributed by atoms with Crippen LogP contribution in [-0.2, 0) is 19.6 Å². The van der Waals surface area contributed by atoms with E-state index in [2.05, 4.69) is 10.5 Å². The Balaban J connectivity index is 2.02. The number of hydrogen-bond donors (Lipinski definition) is 2. The second-order valence-electron chi connectivity index (χ2n) is 6.16. The summed E-state index contributed by atoms with van der Waals surface area (Å²) in [5.74, 6) is -0.947. The quantitative estimate of drug-likeness (QED) is 0.299. The van der Waals surface area contributed by atoms with E-state index in [1.807, 2.05) is 0 Å². The van der Waals surface area contributed by atoms with Crippen molar-refractivity contribution in [3.05, 3.63) is 64.2 Å². The van der Waals surface area contributed by atoms with Crippen LogP contribution in [0.3, 0.4) is 0 Å². The number of carbonyl (C=O) groups is 2. The highest BCUT2D eigenvalue weighted by molar-refractivity contribution is 7.92. The second kappa shape index (κ2) is 10.2. The fourth-order valence-corrected chi connectivity index (χ4v) is 3.16. The molecule has 2 amide bonds. The highest BCUT2D eigenvalue weighted by atomic mass is 32.2. The lowest BCUT2D eigenvalue weighted by Crippen LogP contribution is -2.39. The van der Waals surface area contributed by atoms with Gasteiger partial charge in [-0.2, -0.15) is 5.10 Å². The van der Waals surface area contributed by atoms with E-state index in [4.69, 9.17) is 10.5 Å².